The highest BCUT2D eigenvalue weighted by molar-refractivity contribution is 5.87. The predicted octanol–water partition coefficient (Wildman–Crippen LogP) is 14.2. The number of esters is 2. The third-order valence-electron chi connectivity index (χ3n) is 12.6. The summed E-state index contributed by atoms with van der Waals surface area (Å²) in [6.07, 6.45) is 41.3. The van der Waals surface area contributed by atoms with Crippen molar-refractivity contribution in [3.05, 3.63) is 0 Å². The summed E-state index contributed by atoms with van der Waals surface area (Å²) in [6, 6.07) is 0. The van der Waals surface area contributed by atoms with Crippen molar-refractivity contribution in [3.8, 4) is 0 Å². The largest absolute Gasteiger partial charge is 0.393 e. The molecular formula is C47H92O5. The molecule has 0 aromatic carbocycles. The van der Waals surface area contributed by atoms with Gasteiger partial charge < -0.3 is 14.9 Å². The summed E-state index contributed by atoms with van der Waals surface area (Å²) in [5.41, 5.74) is 0.467. The Morgan fingerprint density at radius 3 is 1.13 bits per heavy atom. The van der Waals surface area contributed by atoms with Gasteiger partial charge in [-0.2, -0.15) is 0 Å². The van der Waals surface area contributed by atoms with Gasteiger partial charge in [0.1, 0.15) is 0 Å². The normalized spacial score (nSPS) is 15.2. The van der Waals surface area contributed by atoms with Crippen LogP contribution >= 0.6 is 0 Å². The Labute approximate surface area is 325 Å². The van der Waals surface area contributed by atoms with Crippen molar-refractivity contribution in [2.45, 2.75) is 260 Å². The van der Waals surface area contributed by atoms with Crippen LogP contribution in [0, 0.1) is 23.2 Å². The van der Waals surface area contributed by atoms with Gasteiger partial charge in [0.05, 0.1) is 6.61 Å². The van der Waals surface area contributed by atoms with Crippen LogP contribution < -0.4 is 0 Å². The first-order valence-corrected chi connectivity index (χ1v) is 23.2. The number of aliphatic hydroxyl groups is 2. The quantitative estimate of drug-likeness (QED) is 0.0373. The van der Waals surface area contributed by atoms with Crippen LogP contribution in [0.1, 0.15) is 253 Å². The molecule has 0 aliphatic carbocycles. The molecule has 0 bridgehead atoms. The number of carbonyl (C=O) groups excluding carboxylic acids is 2. The Kier molecular flexibility index (Phi) is 35.1. The standard InChI is InChI=1S/C47H92O5/c1-7-10-13-16-25-30-35-41(4)47(42(5)36-31-26-17-14-11-8-2,43(6)37-32-27-18-15-12-9-3)39-34-29-24-22-20-19-21-23-28-33-38-45(50)52-46(51)44(49)40-48/h41-44,48-49H,7-40H2,1-6H3. The second-order valence-corrected chi connectivity index (χ2v) is 17.0. The molecule has 2 N–H and O–H groups in total. The number of hydrogen-bond acceptors (Lipinski definition) is 5. The van der Waals surface area contributed by atoms with Gasteiger partial charge in [-0.25, -0.2) is 4.79 Å². The maximum atomic E-state index is 11.7. The minimum atomic E-state index is -1.64. The van der Waals surface area contributed by atoms with Gasteiger partial charge in [-0.05, 0) is 36.0 Å². The topological polar surface area (TPSA) is 83.8 Å². The molecule has 0 amide bonds. The van der Waals surface area contributed by atoms with Crippen LogP contribution in [0.4, 0.5) is 0 Å². The third kappa shape index (κ3) is 25.2. The predicted molar refractivity (Wildman–Crippen MR) is 223 cm³/mol. The molecule has 0 aliphatic rings. The third-order valence-corrected chi connectivity index (χ3v) is 12.6. The van der Waals surface area contributed by atoms with Gasteiger partial charge in [0.25, 0.3) is 0 Å². The average Bonchev–Trinajstić information content (AvgIpc) is 3.13. The highest BCUT2D eigenvalue weighted by atomic mass is 16.6. The minimum Gasteiger partial charge on any atom is -0.393 e. The van der Waals surface area contributed by atoms with Gasteiger partial charge >= 0.3 is 11.9 Å². The molecule has 0 spiro atoms. The number of carbonyl (C=O) groups is 2. The number of hydrogen-bond donors (Lipinski definition) is 2. The van der Waals surface area contributed by atoms with E-state index in [1.807, 2.05) is 0 Å². The zero-order valence-electron chi connectivity index (χ0n) is 36.0. The van der Waals surface area contributed by atoms with E-state index < -0.39 is 24.6 Å². The molecule has 5 nitrogen and oxygen atoms in total. The molecule has 0 radical (unpaired) electrons. The van der Waals surface area contributed by atoms with Crippen LogP contribution in [0.25, 0.3) is 0 Å². The Hall–Kier alpha value is -0.940. The van der Waals surface area contributed by atoms with E-state index in [2.05, 4.69) is 46.3 Å². The SMILES string of the molecule is CCCCCCCCC(C)C(CCCCCCCCCCCCC(=O)OC(=O)C(O)CO)(C(C)CCCCCCCC)C(C)CCCCCCCC. The lowest BCUT2D eigenvalue weighted by atomic mass is 9.55. The first-order chi connectivity index (χ1) is 25.2. The molecule has 0 aromatic rings. The van der Waals surface area contributed by atoms with E-state index in [4.69, 9.17) is 5.11 Å². The van der Waals surface area contributed by atoms with E-state index in [9.17, 15) is 14.7 Å². The molecule has 0 saturated heterocycles. The summed E-state index contributed by atoms with van der Waals surface area (Å²) in [7, 11) is 0. The van der Waals surface area contributed by atoms with Gasteiger partial charge in [0, 0.05) is 6.42 Å². The number of ether oxygens (including phenoxy) is 1. The summed E-state index contributed by atoms with van der Waals surface area (Å²) in [5, 5.41) is 18.0. The molecule has 5 heteroatoms. The summed E-state index contributed by atoms with van der Waals surface area (Å²) in [4.78, 5) is 23.1. The Morgan fingerprint density at radius 2 is 0.788 bits per heavy atom. The number of rotatable bonds is 39. The fourth-order valence-electron chi connectivity index (χ4n) is 9.12. The second-order valence-electron chi connectivity index (χ2n) is 17.0. The van der Waals surface area contributed by atoms with Crippen molar-refractivity contribution < 1.29 is 24.5 Å². The average molecular weight is 737 g/mol. The van der Waals surface area contributed by atoms with Gasteiger partial charge in [0.2, 0.25) is 0 Å². The van der Waals surface area contributed by atoms with E-state index in [0.717, 1.165) is 30.6 Å². The molecule has 0 fully saturated rings. The molecule has 52 heavy (non-hydrogen) atoms. The molecule has 4 atom stereocenters. The van der Waals surface area contributed by atoms with Crippen LogP contribution in [-0.4, -0.2) is 34.9 Å². The van der Waals surface area contributed by atoms with E-state index in [0.29, 0.717) is 11.8 Å². The molecule has 310 valence electrons. The maximum Gasteiger partial charge on any atom is 0.345 e. The highest BCUT2D eigenvalue weighted by Crippen LogP contribution is 2.52. The van der Waals surface area contributed by atoms with Crippen molar-refractivity contribution in [2.24, 2.45) is 23.2 Å². The Morgan fingerprint density at radius 1 is 0.481 bits per heavy atom. The Bertz CT molecular complexity index is 742. The zero-order valence-corrected chi connectivity index (χ0v) is 36.0. The van der Waals surface area contributed by atoms with Gasteiger partial charge in [-0.3, -0.25) is 4.79 Å². The monoisotopic (exact) mass is 737 g/mol. The lowest BCUT2D eigenvalue weighted by Crippen LogP contribution is -2.42. The van der Waals surface area contributed by atoms with Crippen molar-refractivity contribution in [3.63, 3.8) is 0 Å². The lowest BCUT2D eigenvalue weighted by molar-refractivity contribution is -0.167. The van der Waals surface area contributed by atoms with Crippen LogP contribution in [0.5, 0.6) is 0 Å². The van der Waals surface area contributed by atoms with Gasteiger partial charge in [0.15, 0.2) is 6.10 Å². The summed E-state index contributed by atoms with van der Waals surface area (Å²) < 4.78 is 4.57. The maximum absolute atomic E-state index is 11.7. The van der Waals surface area contributed by atoms with Gasteiger partial charge in [-0.15, -0.1) is 0 Å². The highest BCUT2D eigenvalue weighted by Gasteiger charge is 2.43. The molecule has 4 unspecified atom stereocenters. The molecule has 0 heterocycles. The van der Waals surface area contributed by atoms with Gasteiger partial charge in [-0.1, -0.05) is 234 Å². The first kappa shape index (κ1) is 51.1. The van der Waals surface area contributed by atoms with Crippen LogP contribution in [0.3, 0.4) is 0 Å². The first-order valence-electron chi connectivity index (χ1n) is 23.2. The summed E-state index contributed by atoms with van der Waals surface area (Å²) in [6.45, 7) is 14.3. The smallest absolute Gasteiger partial charge is 0.345 e. The molecule has 0 aromatic heterocycles. The molecule has 0 rings (SSSR count). The molecular weight excluding hydrogens is 645 g/mol. The van der Waals surface area contributed by atoms with Crippen molar-refractivity contribution in [1.82, 2.24) is 0 Å². The van der Waals surface area contributed by atoms with E-state index in [1.165, 1.54) is 186 Å². The van der Waals surface area contributed by atoms with Crippen LogP contribution in [0.2, 0.25) is 0 Å². The van der Waals surface area contributed by atoms with E-state index in [-0.39, 0.29) is 6.42 Å². The fourth-order valence-corrected chi connectivity index (χ4v) is 9.12. The second kappa shape index (κ2) is 35.7. The molecule has 0 saturated carbocycles. The van der Waals surface area contributed by atoms with E-state index in [1.54, 1.807) is 0 Å². The lowest BCUT2D eigenvalue weighted by Gasteiger charge is -2.50. The number of unbranched alkanes of at least 4 members (excludes halogenated alkanes) is 24. The van der Waals surface area contributed by atoms with Crippen molar-refractivity contribution in [1.29, 1.82) is 0 Å². The zero-order chi connectivity index (χ0) is 38.7. The summed E-state index contributed by atoms with van der Waals surface area (Å²) >= 11 is 0. The fraction of sp³-hybridized carbons (Fsp3) is 0.957. The summed E-state index contributed by atoms with van der Waals surface area (Å²) in [5.74, 6) is 0.730. The van der Waals surface area contributed by atoms with Crippen molar-refractivity contribution in [2.75, 3.05) is 6.61 Å². The number of aliphatic hydroxyl groups excluding tert-OH is 2. The molecule has 0 aliphatic heterocycles. The van der Waals surface area contributed by atoms with Crippen LogP contribution in [0.15, 0.2) is 0 Å². The Balaban J connectivity index is 5.07. The van der Waals surface area contributed by atoms with Crippen LogP contribution in [-0.2, 0) is 14.3 Å². The van der Waals surface area contributed by atoms with E-state index >= 15 is 0 Å². The van der Waals surface area contributed by atoms with Crippen molar-refractivity contribution >= 4 is 11.9 Å². The minimum absolute atomic E-state index is 0.179.